The highest BCUT2D eigenvalue weighted by Crippen LogP contribution is 2.22. The Labute approximate surface area is 145 Å². The molecule has 23 heavy (non-hydrogen) atoms. The molecule has 1 heterocycles. The standard InChI is InChI=1S/C16H21ClN4OS/c1-11(2)15(22)18-8-7-14-19-20-16(21(14)3)23-10-12-5-4-6-13(17)9-12/h4-6,9,11H,7-8,10H2,1-3H3,(H,18,22). The molecule has 2 rings (SSSR count). The number of hydrogen-bond donors (Lipinski definition) is 1. The molecule has 124 valence electrons. The number of aromatic nitrogens is 3. The molecule has 0 fully saturated rings. The van der Waals surface area contributed by atoms with Gasteiger partial charge in [0.25, 0.3) is 0 Å². The maximum atomic E-state index is 11.5. The molecule has 5 nitrogen and oxygen atoms in total. The average Bonchev–Trinajstić information content (AvgIpc) is 2.86. The van der Waals surface area contributed by atoms with Gasteiger partial charge >= 0.3 is 0 Å². The van der Waals surface area contributed by atoms with Crippen LogP contribution in [0.3, 0.4) is 0 Å². The summed E-state index contributed by atoms with van der Waals surface area (Å²) < 4.78 is 1.97. The van der Waals surface area contributed by atoms with Crippen molar-refractivity contribution in [3.05, 3.63) is 40.7 Å². The normalized spacial score (nSPS) is 11.0. The van der Waals surface area contributed by atoms with Crippen molar-refractivity contribution in [2.75, 3.05) is 6.54 Å². The van der Waals surface area contributed by atoms with Gasteiger partial charge in [0, 0.05) is 36.7 Å². The van der Waals surface area contributed by atoms with E-state index in [0.29, 0.717) is 13.0 Å². The zero-order valence-electron chi connectivity index (χ0n) is 13.5. The molecule has 1 aromatic carbocycles. The van der Waals surface area contributed by atoms with E-state index in [9.17, 15) is 4.79 Å². The highest BCUT2D eigenvalue weighted by atomic mass is 35.5. The number of nitrogens with zero attached hydrogens (tertiary/aromatic N) is 3. The average molecular weight is 353 g/mol. The van der Waals surface area contributed by atoms with Gasteiger partial charge in [-0.05, 0) is 17.7 Å². The summed E-state index contributed by atoms with van der Waals surface area (Å²) in [7, 11) is 1.94. The number of halogens is 1. The predicted octanol–water partition coefficient (Wildman–Crippen LogP) is 3.08. The molecule has 0 radical (unpaired) electrons. The van der Waals surface area contributed by atoms with Crippen LogP contribution in [-0.2, 0) is 24.0 Å². The molecule has 1 N–H and O–H groups in total. The molecule has 0 spiro atoms. The maximum absolute atomic E-state index is 11.5. The molecule has 0 saturated carbocycles. The molecule has 0 aliphatic rings. The summed E-state index contributed by atoms with van der Waals surface area (Å²) >= 11 is 7.61. The minimum Gasteiger partial charge on any atom is -0.355 e. The van der Waals surface area contributed by atoms with Crippen LogP contribution in [0.5, 0.6) is 0 Å². The summed E-state index contributed by atoms with van der Waals surface area (Å²) in [4.78, 5) is 11.5. The van der Waals surface area contributed by atoms with Crippen LogP contribution in [0, 0.1) is 5.92 Å². The number of rotatable bonds is 7. The van der Waals surface area contributed by atoms with E-state index in [2.05, 4.69) is 15.5 Å². The summed E-state index contributed by atoms with van der Waals surface area (Å²) in [6.07, 6.45) is 0.666. The van der Waals surface area contributed by atoms with Crippen molar-refractivity contribution in [3.8, 4) is 0 Å². The summed E-state index contributed by atoms with van der Waals surface area (Å²) in [6, 6.07) is 7.80. The van der Waals surface area contributed by atoms with Crippen LogP contribution >= 0.6 is 23.4 Å². The zero-order valence-corrected chi connectivity index (χ0v) is 15.1. The molecule has 1 aromatic heterocycles. The smallest absolute Gasteiger partial charge is 0.222 e. The summed E-state index contributed by atoms with van der Waals surface area (Å²) in [5.41, 5.74) is 1.15. The van der Waals surface area contributed by atoms with Gasteiger partial charge in [0.05, 0.1) is 0 Å². The Balaban J connectivity index is 1.87. The molecule has 0 unspecified atom stereocenters. The molecule has 7 heteroatoms. The lowest BCUT2D eigenvalue weighted by Crippen LogP contribution is -2.30. The summed E-state index contributed by atoms with van der Waals surface area (Å²) in [5, 5.41) is 12.9. The van der Waals surface area contributed by atoms with Gasteiger partial charge < -0.3 is 9.88 Å². The van der Waals surface area contributed by atoms with Crippen LogP contribution in [0.15, 0.2) is 29.4 Å². The van der Waals surface area contributed by atoms with Crippen molar-refractivity contribution >= 4 is 29.3 Å². The maximum Gasteiger partial charge on any atom is 0.222 e. The third-order valence-corrected chi connectivity index (χ3v) is 4.68. The number of carbonyl (C=O) groups excluding carboxylic acids is 1. The molecule has 2 aromatic rings. The van der Waals surface area contributed by atoms with Gasteiger partial charge in [0.2, 0.25) is 5.91 Å². The van der Waals surface area contributed by atoms with Gasteiger partial charge in [0.1, 0.15) is 5.82 Å². The van der Waals surface area contributed by atoms with Gasteiger partial charge in [-0.15, -0.1) is 10.2 Å². The molecule has 0 saturated heterocycles. The lowest BCUT2D eigenvalue weighted by Gasteiger charge is -2.07. The first-order chi connectivity index (χ1) is 11.0. The Hall–Kier alpha value is -1.53. The van der Waals surface area contributed by atoms with Crippen LogP contribution in [0.25, 0.3) is 0 Å². The van der Waals surface area contributed by atoms with Gasteiger partial charge in [-0.25, -0.2) is 0 Å². The fourth-order valence-electron chi connectivity index (χ4n) is 1.96. The first-order valence-corrected chi connectivity index (χ1v) is 8.87. The van der Waals surface area contributed by atoms with E-state index in [4.69, 9.17) is 11.6 Å². The highest BCUT2D eigenvalue weighted by molar-refractivity contribution is 7.98. The minimum absolute atomic E-state index is 0.00157. The Morgan fingerprint density at radius 3 is 2.87 bits per heavy atom. The SMILES string of the molecule is CC(C)C(=O)NCCc1nnc(SCc2cccc(Cl)c2)n1C. The number of carbonyl (C=O) groups is 1. The largest absolute Gasteiger partial charge is 0.355 e. The second-order valence-electron chi connectivity index (χ2n) is 5.57. The molecular formula is C16H21ClN4OS. The van der Waals surface area contributed by atoms with Crippen molar-refractivity contribution < 1.29 is 4.79 Å². The zero-order chi connectivity index (χ0) is 16.8. The lowest BCUT2D eigenvalue weighted by atomic mass is 10.2. The fourth-order valence-corrected chi connectivity index (χ4v) is 3.05. The summed E-state index contributed by atoms with van der Waals surface area (Å²) in [6.45, 7) is 4.33. The van der Waals surface area contributed by atoms with Gasteiger partial charge in [-0.2, -0.15) is 0 Å². The number of amides is 1. The topological polar surface area (TPSA) is 59.8 Å². The fraction of sp³-hybridized carbons (Fsp3) is 0.438. The van der Waals surface area contributed by atoms with Gasteiger partial charge in [-0.1, -0.05) is 49.3 Å². The van der Waals surface area contributed by atoms with E-state index in [-0.39, 0.29) is 11.8 Å². The Morgan fingerprint density at radius 1 is 1.39 bits per heavy atom. The van der Waals surface area contributed by atoms with Crippen LogP contribution in [0.2, 0.25) is 5.02 Å². The first-order valence-electron chi connectivity index (χ1n) is 7.50. The van der Waals surface area contributed by atoms with Crippen molar-refractivity contribution in [2.45, 2.75) is 31.2 Å². The van der Waals surface area contributed by atoms with Crippen LogP contribution in [0.1, 0.15) is 25.2 Å². The van der Waals surface area contributed by atoms with Crippen LogP contribution in [0.4, 0.5) is 0 Å². The van der Waals surface area contributed by atoms with E-state index < -0.39 is 0 Å². The van der Waals surface area contributed by atoms with E-state index >= 15 is 0 Å². The van der Waals surface area contributed by atoms with Crippen molar-refractivity contribution in [1.82, 2.24) is 20.1 Å². The number of benzene rings is 1. The van der Waals surface area contributed by atoms with Gasteiger partial charge in [0.15, 0.2) is 5.16 Å². The van der Waals surface area contributed by atoms with Crippen LogP contribution in [-0.4, -0.2) is 27.2 Å². The van der Waals surface area contributed by atoms with Crippen molar-refractivity contribution in [3.63, 3.8) is 0 Å². The Kier molecular flexibility index (Phi) is 6.47. The first kappa shape index (κ1) is 17.8. The van der Waals surface area contributed by atoms with E-state index in [1.54, 1.807) is 11.8 Å². The van der Waals surface area contributed by atoms with E-state index in [1.165, 1.54) is 0 Å². The molecule has 1 amide bonds. The third-order valence-electron chi connectivity index (χ3n) is 3.35. The Morgan fingerprint density at radius 2 is 2.17 bits per heavy atom. The molecule has 0 bridgehead atoms. The monoisotopic (exact) mass is 352 g/mol. The van der Waals surface area contributed by atoms with E-state index in [0.717, 1.165) is 27.3 Å². The molecular weight excluding hydrogens is 332 g/mol. The van der Waals surface area contributed by atoms with Crippen molar-refractivity contribution in [2.24, 2.45) is 13.0 Å². The van der Waals surface area contributed by atoms with E-state index in [1.807, 2.05) is 49.7 Å². The number of thioether (sulfide) groups is 1. The lowest BCUT2D eigenvalue weighted by molar-refractivity contribution is -0.123. The molecule has 0 aliphatic carbocycles. The van der Waals surface area contributed by atoms with Gasteiger partial charge in [-0.3, -0.25) is 4.79 Å². The number of nitrogens with one attached hydrogen (secondary N) is 1. The number of hydrogen-bond acceptors (Lipinski definition) is 4. The quantitative estimate of drug-likeness (QED) is 0.778. The Bertz CT molecular complexity index is 672. The molecule has 0 aliphatic heterocycles. The highest BCUT2D eigenvalue weighted by Gasteiger charge is 2.11. The minimum atomic E-state index is -0.00157. The second kappa shape index (κ2) is 8.36. The third kappa shape index (κ3) is 5.25. The second-order valence-corrected chi connectivity index (χ2v) is 6.95. The predicted molar refractivity (Wildman–Crippen MR) is 93.6 cm³/mol. The summed E-state index contributed by atoms with van der Waals surface area (Å²) in [5.74, 6) is 1.71. The van der Waals surface area contributed by atoms with Crippen molar-refractivity contribution in [1.29, 1.82) is 0 Å². The molecule has 0 atom stereocenters. The van der Waals surface area contributed by atoms with Crippen LogP contribution < -0.4 is 5.32 Å².